The van der Waals surface area contributed by atoms with Crippen molar-refractivity contribution < 1.29 is 14.3 Å². The van der Waals surface area contributed by atoms with E-state index in [1.807, 2.05) is 6.92 Å². The van der Waals surface area contributed by atoms with E-state index in [4.69, 9.17) is 4.74 Å². The van der Waals surface area contributed by atoms with Crippen LogP contribution in [0.4, 0.5) is 0 Å². The molecule has 0 aromatic rings. The number of likely N-dealkylation sites (N-methyl/N-ethyl adjacent to an activating group) is 1. The Morgan fingerprint density at radius 2 is 1.81 bits per heavy atom. The lowest BCUT2D eigenvalue weighted by molar-refractivity contribution is -0.133. The molecule has 2 N–H and O–H groups in total. The van der Waals surface area contributed by atoms with Crippen molar-refractivity contribution in [1.29, 1.82) is 0 Å². The average molecular weight is 296 g/mol. The molecule has 2 unspecified atom stereocenters. The van der Waals surface area contributed by atoms with Crippen molar-refractivity contribution in [3.63, 3.8) is 0 Å². The van der Waals surface area contributed by atoms with Gasteiger partial charge < -0.3 is 15.4 Å². The predicted molar refractivity (Wildman–Crippen MR) is 80.7 cm³/mol. The van der Waals surface area contributed by atoms with Gasteiger partial charge in [0.1, 0.15) is 6.04 Å². The first-order chi connectivity index (χ1) is 9.96. The fourth-order valence-electron chi connectivity index (χ4n) is 3.73. The zero-order valence-electron chi connectivity index (χ0n) is 13.4. The first-order valence-corrected chi connectivity index (χ1v) is 8.06. The quantitative estimate of drug-likeness (QED) is 0.782. The third-order valence-corrected chi connectivity index (χ3v) is 5.26. The molecule has 0 heterocycles. The highest BCUT2D eigenvalue weighted by Crippen LogP contribution is 2.50. The summed E-state index contributed by atoms with van der Waals surface area (Å²) in [7, 11) is 1.57. The second kappa shape index (κ2) is 6.77. The summed E-state index contributed by atoms with van der Waals surface area (Å²) in [5.74, 6) is 0.514. The third kappa shape index (κ3) is 3.96. The second-order valence-corrected chi connectivity index (χ2v) is 6.79. The maximum atomic E-state index is 11.9. The van der Waals surface area contributed by atoms with Crippen LogP contribution in [0.3, 0.4) is 0 Å². The van der Waals surface area contributed by atoms with Crippen molar-refractivity contribution in [1.82, 2.24) is 10.6 Å². The van der Waals surface area contributed by atoms with E-state index >= 15 is 0 Å². The minimum Gasteiger partial charge on any atom is -0.375 e. The Hall–Kier alpha value is -1.10. The van der Waals surface area contributed by atoms with Gasteiger partial charge in [0.25, 0.3) is 0 Å². The second-order valence-electron chi connectivity index (χ2n) is 6.79. The lowest BCUT2D eigenvalue weighted by Crippen LogP contribution is -2.52. The van der Waals surface area contributed by atoms with Crippen LogP contribution < -0.4 is 10.6 Å². The molecule has 2 amide bonds. The summed E-state index contributed by atoms with van der Waals surface area (Å²) in [6.45, 7) is 3.98. The van der Waals surface area contributed by atoms with Gasteiger partial charge in [-0.1, -0.05) is 0 Å². The molecule has 2 atom stereocenters. The number of ether oxygens (including phenoxy) is 1. The fraction of sp³-hybridized carbons (Fsp3) is 0.875. The van der Waals surface area contributed by atoms with Gasteiger partial charge in [0, 0.05) is 14.0 Å². The van der Waals surface area contributed by atoms with Crippen LogP contribution in [0.15, 0.2) is 0 Å². The molecule has 5 nitrogen and oxygen atoms in total. The summed E-state index contributed by atoms with van der Waals surface area (Å²) in [4.78, 5) is 23.2. The summed E-state index contributed by atoms with van der Waals surface area (Å²) < 4.78 is 6.01. The molecule has 2 bridgehead atoms. The molecule has 3 rings (SSSR count). The van der Waals surface area contributed by atoms with Crippen molar-refractivity contribution >= 4 is 11.8 Å². The van der Waals surface area contributed by atoms with Gasteiger partial charge in [-0.25, -0.2) is 0 Å². The zero-order chi connectivity index (χ0) is 15.5. The summed E-state index contributed by atoms with van der Waals surface area (Å²) in [5.41, 5.74) is 0.312. The summed E-state index contributed by atoms with van der Waals surface area (Å²) in [6.07, 6.45) is 7.38. The van der Waals surface area contributed by atoms with Crippen LogP contribution in [-0.4, -0.2) is 37.6 Å². The third-order valence-electron chi connectivity index (χ3n) is 5.26. The molecule has 3 aliphatic rings. The Labute approximate surface area is 127 Å². The molecule has 0 radical (unpaired) electrons. The number of amides is 2. The van der Waals surface area contributed by atoms with E-state index in [9.17, 15) is 9.59 Å². The lowest BCUT2D eigenvalue weighted by atomic mass is 9.61. The van der Waals surface area contributed by atoms with Gasteiger partial charge in [0.05, 0.1) is 12.7 Å². The van der Waals surface area contributed by atoms with Crippen molar-refractivity contribution in [3.05, 3.63) is 0 Å². The molecule has 5 heteroatoms. The minimum atomic E-state index is -0.621. The van der Waals surface area contributed by atoms with Crippen LogP contribution >= 0.6 is 0 Å². The molecule has 0 aliphatic heterocycles. The maximum Gasteiger partial charge on any atom is 0.245 e. The molecular formula is C16H28N2O3. The lowest BCUT2D eigenvalue weighted by Gasteiger charge is -2.46. The van der Waals surface area contributed by atoms with Crippen LogP contribution in [-0.2, 0) is 14.3 Å². The Kier molecular flexibility index (Phi) is 5.25. The molecule has 0 aromatic carbocycles. The number of hydrogen-bond donors (Lipinski definition) is 2. The number of nitrogens with one attached hydrogen (secondary N) is 2. The van der Waals surface area contributed by atoms with Crippen LogP contribution in [0.25, 0.3) is 0 Å². The number of rotatable bonds is 6. The maximum absolute atomic E-state index is 11.9. The first kappa shape index (κ1) is 16.3. The SMILES string of the molecule is CNC(=O)C(NC(C)=O)C(C)OCC12CCC(CC1)CC2. The molecule has 0 spiro atoms. The van der Waals surface area contributed by atoms with E-state index in [-0.39, 0.29) is 17.9 Å². The van der Waals surface area contributed by atoms with Crippen molar-refractivity contribution in [3.8, 4) is 0 Å². The van der Waals surface area contributed by atoms with E-state index in [0.717, 1.165) is 5.92 Å². The monoisotopic (exact) mass is 296 g/mol. The molecule has 0 saturated heterocycles. The summed E-state index contributed by atoms with van der Waals surface area (Å²) >= 11 is 0. The minimum absolute atomic E-state index is 0.206. The van der Waals surface area contributed by atoms with Crippen LogP contribution in [0, 0.1) is 11.3 Å². The van der Waals surface area contributed by atoms with E-state index < -0.39 is 6.04 Å². The van der Waals surface area contributed by atoms with Crippen LogP contribution in [0.5, 0.6) is 0 Å². The molecular weight excluding hydrogens is 268 g/mol. The van der Waals surface area contributed by atoms with Gasteiger partial charge >= 0.3 is 0 Å². The molecule has 3 aliphatic carbocycles. The van der Waals surface area contributed by atoms with Gasteiger partial charge in [0.15, 0.2) is 0 Å². The number of hydrogen-bond acceptors (Lipinski definition) is 3. The highest BCUT2D eigenvalue weighted by molar-refractivity contribution is 5.87. The normalized spacial score (nSPS) is 30.5. The highest BCUT2D eigenvalue weighted by Gasteiger charge is 2.41. The van der Waals surface area contributed by atoms with Gasteiger partial charge in [-0.2, -0.15) is 0 Å². The topological polar surface area (TPSA) is 67.4 Å². The standard InChI is InChI=1S/C16H28N2O3/c1-11(14(15(20)17-3)18-12(2)19)21-10-16-7-4-13(5-8-16)6-9-16/h11,13-14H,4-10H2,1-3H3,(H,17,20)(H,18,19). The van der Waals surface area contributed by atoms with Crippen LogP contribution in [0.2, 0.25) is 0 Å². The number of carbonyl (C=O) groups excluding carboxylic acids is 2. The fourth-order valence-corrected chi connectivity index (χ4v) is 3.73. The van der Waals surface area contributed by atoms with Gasteiger partial charge in [-0.3, -0.25) is 9.59 Å². The van der Waals surface area contributed by atoms with E-state index in [0.29, 0.717) is 12.0 Å². The van der Waals surface area contributed by atoms with E-state index in [1.54, 1.807) is 7.05 Å². The Bertz CT molecular complexity index is 375. The largest absolute Gasteiger partial charge is 0.375 e. The molecule has 3 fully saturated rings. The Morgan fingerprint density at radius 1 is 1.24 bits per heavy atom. The van der Waals surface area contributed by atoms with E-state index in [1.165, 1.54) is 45.4 Å². The zero-order valence-corrected chi connectivity index (χ0v) is 13.4. The van der Waals surface area contributed by atoms with Gasteiger partial charge in [-0.15, -0.1) is 0 Å². The Balaban J connectivity index is 1.90. The number of fused-ring (bicyclic) bond motifs is 3. The van der Waals surface area contributed by atoms with Crippen molar-refractivity contribution in [2.75, 3.05) is 13.7 Å². The van der Waals surface area contributed by atoms with Crippen molar-refractivity contribution in [2.45, 2.75) is 64.5 Å². The van der Waals surface area contributed by atoms with Gasteiger partial charge in [-0.05, 0) is 56.8 Å². The smallest absolute Gasteiger partial charge is 0.245 e. The highest BCUT2D eigenvalue weighted by atomic mass is 16.5. The average Bonchev–Trinajstić information content (AvgIpc) is 2.51. The molecule has 21 heavy (non-hydrogen) atoms. The summed E-state index contributed by atoms with van der Waals surface area (Å²) in [5, 5.41) is 5.27. The van der Waals surface area contributed by atoms with Gasteiger partial charge in [0.2, 0.25) is 11.8 Å². The molecule has 3 saturated carbocycles. The van der Waals surface area contributed by atoms with E-state index in [2.05, 4.69) is 10.6 Å². The molecule has 120 valence electrons. The number of carbonyl (C=O) groups is 2. The van der Waals surface area contributed by atoms with Crippen molar-refractivity contribution in [2.24, 2.45) is 11.3 Å². The Morgan fingerprint density at radius 3 is 2.29 bits per heavy atom. The first-order valence-electron chi connectivity index (χ1n) is 8.06. The molecule has 0 aromatic heterocycles. The van der Waals surface area contributed by atoms with Crippen LogP contribution in [0.1, 0.15) is 52.4 Å². The summed E-state index contributed by atoms with van der Waals surface area (Å²) in [6, 6.07) is -0.621. The predicted octanol–water partition coefficient (Wildman–Crippen LogP) is 1.61.